The predicted molar refractivity (Wildman–Crippen MR) is 141 cm³/mol. The molecule has 7 heteroatoms. The van der Waals surface area contributed by atoms with Crippen LogP contribution in [0.3, 0.4) is 0 Å². The molecule has 176 valence electrons. The summed E-state index contributed by atoms with van der Waals surface area (Å²) < 4.78 is 2.01. The number of benzene rings is 1. The molecule has 6 rings (SSSR count). The van der Waals surface area contributed by atoms with Crippen LogP contribution in [0.4, 0.5) is 11.4 Å². The van der Waals surface area contributed by atoms with Crippen molar-refractivity contribution in [1.82, 2.24) is 19.4 Å². The average molecular weight is 464 g/mol. The fraction of sp³-hybridized carbons (Fsp3) is 0.250. The van der Waals surface area contributed by atoms with Gasteiger partial charge in [0.1, 0.15) is 5.65 Å². The lowest BCUT2D eigenvalue weighted by atomic mass is 9.96. The summed E-state index contributed by atoms with van der Waals surface area (Å²) in [5, 5.41) is 4.69. The molecule has 2 unspecified atom stereocenters. The molecule has 1 aromatic carbocycles. The van der Waals surface area contributed by atoms with E-state index < -0.39 is 0 Å². The van der Waals surface area contributed by atoms with Crippen molar-refractivity contribution < 1.29 is 0 Å². The number of nitrogens with one attached hydrogen (secondary N) is 1. The van der Waals surface area contributed by atoms with Crippen LogP contribution < -0.4 is 16.0 Å². The molecule has 5 heterocycles. The van der Waals surface area contributed by atoms with Crippen LogP contribution in [-0.2, 0) is 6.54 Å². The summed E-state index contributed by atoms with van der Waals surface area (Å²) in [6, 6.07) is 17.1. The highest BCUT2D eigenvalue weighted by Gasteiger charge is 2.24. The zero-order valence-electron chi connectivity index (χ0n) is 19.8. The van der Waals surface area contributed by atoms with Crippen molar-refractivity contribution in [1.29, 1.82) is 0 Å². The second-order valence-corrected chi connectivity index (χ2v) is 9.57. The number of piperidine rings is 1. The lowest BCUT2D eigenvalue weighted by Crippen LogP contribution is -2.46. The Morgan fingerprint density at radius 2 is 1.89 bits per heavy atom. The van der Waals surface area contributed by atoms with Crippen molar-refractivity contribution in [3.05, 3.63) is 85.2 Å². The molecule has 5 aromatic rings. The molecule has 0 radical (unpaired) electrons. The van der Waals surface area contributed by atoms with Crippen molar-refractivity contribution in [3.8, 4) is 11.1 Å². The molecule has 1 saturated heterocycles. The van der Waals surface area contributed by atoms with Crippen molar-refractivity contribution in [3.63, 3.8) is 0 Å². The third-order valence-corrected chi connectivity index (χ3v) is 6.77. The summed E-state index contributed by atoms with van der Waals surface area (Å²) in [5.41, 5.74) is 13.6. The van der Waals surface area contributed by atoms with Gasteiger partial charge in [-0.15, -0.1) is 0 Å². The van der Waals surface area contributed by atoms with Gasteiger partial charge in [0.2, 0.25) is 0 Å². The van der Waals surface area contributed by atoms with Gasteiger partial charge in [0.25, 0.3) is 0 Å². The Morgan fingerprint density at radius 1 is 1.00 bits per heavy atom. The first-order valence-electron chi connectivity index (χ1n) is 12.1. The van der Waals surface area contributed by atoms with Crippen molar-refractivity contribution in [2.75, 3.05) is 23.3 Å². The van der Waals surface area contributed by atoms with Crippen LogP contribution in [0.5, 0.6) is 0 Å². The van der Waals surface area contributed by atoms with Gasteiger partial charge in [0.15, 0.2) is 0 Å². The number of hydrogen-bond acceptors (Lipinski definition) is 6. The molecule has 1 aliphatic rings. The summed E-state index contributed by atoms with van der Waals surface area (Å²) in [6.45, 7) is 4.76. The summed E-state index contributed by atoms with van der Waals surface area (Å²) >= 11 is 0. The Bertz CT molecular complexity index is 1480. The van der Waals surface area contributed by atoms with Crippen molar-refractivity contribution in [2.24, 2.45) is 11.7 Å². The van der Waals surface area contributed by atoms with Gasteiger partial charge in [-0.2, -0.15) is 0 Å². The standard InChI is InChI=1S/C28H29N7/c1-19-12-23(29)18-35(17-19)27-6-8-30-16-26(27)32-15-24-5-4-20-2-3-21(13-25(20)33-24)22-7-10-34-11-9-31-28(34)14-22/h2-11,13-14,16,19,23,32H,12,15,17-18,29H2,1H3. The van der Waals surface area contributed by atoms with E-state index in [1.807, 2.05) is 35.4 Å². The van der Waals surface area contributed by atoms with Crippen LogP contribution in [-0.4, -0.2) is 38.5 Å². The number of hydrogen-bond donors (Lipinski definition) is 2. The number of pyridine rings is 3. The molecule has 0 bridgehead atoms. The van der Waals surface area contributed by atoms with E-state index in [0.717, 1.165) is 64.3 Å². The van der Waals surface area contributed by atoms with Gasteiger partial charge in [-0.05, 0) is 53.8 Å². The van der Waals surface area contributed by atoms with Gasteiger partial charge in [0, 0.05) is 49.3 Å². The molecule has 3 N–H and O–H groups in total. The molecular formula is C28H29N7. The Hall–Kier alpha value is -3.97. The van der Waals surface area contributed by atoms with E-state index in [2.05, 4.69) is 75.6 Å². The second kappa shape index (κ2) is 9.00. The minimum atomic E-state index is 0.199. The van der Waals surface area contributed by atoms with Crippen molar-refractivity contribution >= 4 is 27.9 Å². The number of rotatable bonds is 5. The third kappa shape index (κ3) is 4.42. The van der Waals surface area contributed by atoms with E-state index in [4.69, 9.17) is 10.7 Å². The molecule has 0 amide bonds. The molecule has 0 aliphatic carbocycles. The Kier molecular flexibility index (Phi) is 5.54. The van der Waals surface area contributed by atoms with E-state index in [9.17, 15) is 0 Å². The first kappa shape index (κ1) is 21.6. The van der Waals surface area contributed by atoms with E-state index >= 15 is 0 Å². The van der Waals surface area contributed by atoms with Crippen LogP contribution in [0.2, 0.25) is 0 Å². The molecule has 2 atom stereocenters. The highest BCUT2D eigenvalue weighted by molar-refractivity contribution is 5.85. The van der Waals surface area contributed by atoms with Gasteiger partial charge in [-0.25, -0.2) is 4.98 Å². The summed E-state index contributed by atoms with van der Waals surface area (Å²) in [7, 11) is 0. The maximum absolute atomic E-state index is 6.30. The SMILES string of the molecule is CC1CC(N)CN(c2ccncc2NCc2ccc3ccc(-c4ccn5ccnc5c4)cc3n2)C1. The number of nitrogens with two attached hydrogens (primary N) is 1. The fourth-order valence-electron chi connectivity index (χ4n) is 5.11. The highest BCUT2D eigenvalue weighted by Crippen LogP contribution is 2.30. The normalized spacial score (nSPS) is 18.3. The zero-order valence-corrected chi connectivity index (χ0v) is 19.8. The topological polar surface area (TPSA) is 84.4 Å². The van der Waals surface area contributed by atoms with Gasteiger partial charge in [-0.1, -0.05) is 25.1 Å². The van der Waals surface area contributed by atoms with Gasteiger partial charge in [0.05, 0.1) is 35.3 Å². The second-order valence-electron chi connectivity index (χ2n) is 9.57. The molecule has 4 aromatic heterocycles. The largest absolute Gasteiger partial charge is 0.376 e. The highest BCUT2D eigenvalue weighted by atomic mass is 15.2. The van der Waals surface area contributed by atoms with Crippen molar-refractivity contribution in [2.45, 2.75) is 25.9 Å². The molecule has 35 heavy (non-hydrogen) atoms. The number of fused-ring (bicyclic) bond motifs is 2. The summed E-state index contributed by atoms with van der Waals surface area (Å²) in [6.07, 6.45) is 10.6. The van der Waals surface area contributed by atoms with Gasteiger partial charge >= 0.3 is 0 Å². The summed E-state index contributed by atoms with van der Waals surface area (Å²) in [5.74, 6) is 0.574. The third-order valence-electron chi connectivity index (χ3n) is 6.77. The van der Waals surface area contributed by atoms with Gasteiger partial charge < -0.3 is 20.4 Å². The summed E-state index contributed by atoms with van der Waals surface area (Å²) in [4.78, 5) is 16.1. The molecule has 1 fully saturated rings. The van der Waals surface area contributed by atoms with Crippen LogP contribution in [0, 0.1) is 5.92 Å². The number of aromatic nitrogens is 4. The van der Waals surface area contributed by atoms with Crippen LogP contribution in [0.1, 0.15) is 19.0 Å². The Morgan fingerprint density at radius 3 is 2.80 bits per heavy atom. The van der Waals surface area contributed by atoms with Gasteiger partial charge in [-0.3, -0.25) is 9.97 Å². The smallest absolute Gasteiger partial charge is 0.137 e. The monoisotopic (exact) mass is 463 g/mol. The number of nitrogens with zero attached hydrogens (tertiary/aromatic N) is 5. The van der Waals surface area contributed by atoms with Crippen LogP contribution in [0.15, 0.2) is 79.5 Å². The van der Waals surface area contributed by atoms with E-state index in [1.54, 1.807) is 0 Å². The van der Waals surface area contributed by atoms with Crippen LogP contribution >= 0.6 is 0 Å². The minimum Gasteiger partial charge on any atom is -0.376 e. The van der Waals surface area contributed by atoms with E-state index in [1.165, 1.54) is 0 Å². The predicted octanol–water partition coefficient (Wildman–Crippen LogP) is 4.73. The lowest BCUT2D eigenvalue weighted by molar-refractivity contribution is 0.402. The molecule has 1 aliphatic heterocycles. The molecular weight excluding hydrogens is 434 g/mol. The Labute approximate surface area is 204 Å². The van der Waals surface area contributed by atoms with Crippen LogP contribution in [0.25, 0.3) is 27.7 Å². The van der Waals surface area contributed by atoms with E-state index in [-0.39, 0.29) is 6.04 Å². The lowest BCUT2D eigenvalue weighted by Gasteiger charge is -2.37. The Balaban J connectivity index is 1.24. The first-order valence-corrected chi connectivity index (χ1v) is 12.1. The molecule has 7 nitrogen and oxygen atoms in total. The fourth-order valence-corrected chi connectivity index (χ4v) is 5.11. The maximum Gasteiger partial charge on any atom is 0.137 e. The molecule has 0 spiro atoms. The zero-order chi connectivity index (χ0) is 23.8. The quantitative estimate of drug-likeness (QED) is 0.392. The average Bonchev–Trinajstić information content (AvgIpc) is 3.35. The number of imidazole rings is 1. The first-order chi connectivity index (χ1) is 17.1. The minimum absolute atomic E-state index is 0.199. The maximum atomic E-state index is 6.30. The molecule has 0 saturated carbocycles. The number of anilines is 2. The van der Waals surface area contributed by atoms with E-state index in [0.29, 0.717) is 12.5 Å².